The number of aliphatic hydroxyl groups is 1. The Balaban J connectivity index is 1.35. The van der Waals surface area contributed by atoms with E-state index in [1.54, 1.807) is 6.26 Å². The van der Waals surface area contributed by atoms with E-state index >= 15 is 0 Å². The van der Waals surface area contributed by atoms with Crippen molar-refractivity contribution in [3.63, 3.8) is 0 Å². The first-order valence-electron chi connectivity index (χ1n) is 8.25. The summed E-state index contributed by atoms with van der Waals surface area (Å²) in [6, 6.07) is 17.4. The van der Waals surface area contributed by atoms with E-state index < -0.39 is 6.10 Å². The molecule has 0 radical (unpaired) electrons. The van der Waals surface area contributed by atoms with Crippen LogP contribution in [0.3, 0.4) is 0 Å². The number of furan rings is 2. The molecule has 2 aromatic heterocycles. The van der Waals surface area contributed by atoms with E-state index in [1.165, 1.54) is 0 Å². The van der Waals surface area contributed by atoms with Crippen molar-refractivity contribution in [2.75, 3.05) is 13.2 Å². The average molecular weight is 337 g/mol. The Bertz CT molecular complexity index is 958. The number of hydrogen-bond donors (Lipinski definition) is 2. The molecule has 4 aromatic rings. The predicted octanol–water partition coefficient (Wildman–Crippen LogP) is 3.71. The Hall–Kier alpha value is -2.76. The van der Waals surface area contributed by atoms with Crippen LogP contribution in [0, 0.1) is 0 Å². The van der Waals surface area contributed by atoms with Crippen molar-refractivity contribution in [2.45, 2.75) is 12.6 Å². The first-order valence-corrected chi connectivity index (χ1v) is 8.25. The van der Waals surface area contributed by atoms with Crippen LogP contribution in [0.25, 0.3) is 21.9 Å². The molecule has 2 aromatic carbocycles. The monoisotopic (exact) mass is 337 g/mol. The smallest absolute Gasteiger partial charge is 0.139 e. The number of hydrogen-bond acceptors (Lipinski definition) is 5. The first-order chi connectivity index (χ1) is 12.3. The topological polar surface area (TPSA) is 67.8 Å². The Morgan fingerprint density at radius 1 is 1.00 bits per heavy atom. The lowest BCUT2D eigenvalue weighted by Gasteiger charge is -2.12. The van der Waals surface area contributed by atoms with E-state index in [9.17, 15) is 5.11 Å². The van der Waals surface area contributed by atoms with Crippen molar-refractivity contribution in [3.8, 4) is 5.75 Å². The molecule has 0 fully saturated rings. The normalized spacial score (nSPS) is 12.7. The van der Waals surface area contributed by atoms with Crippen LogP contribution in [0.1, 0.15) is 5.76 Å². The molecular formula is C20H19NO4. The molecule has 0 aliphatic heterocycles. The molecule has 0 bridgehead atoms. The largest absolute Gasteiger partial charge is 0.491 e. The van der Waals surface area contributed by atoms with E-state index in [2.05, 4.69) is 5.32 Å². The van der Waals surface area contributed by atoms with Crippen LogP contribution in [0.5, 0.6) is 5.75 Å². The van der Waals surface area contributed by atoms with Gasteiger partial charge in [0.05, 0.1) is 12.8 Å². The van der Waals surface area contributed by atoms with E-state index in [0.29, 0.717) is 18.8 Å². The summed E-state index contributed by atoms with van der Waals surface area (Å²) in [6.45, 7) is 1.21. The van der Waals surface area contributed by atoms with Gasteiger partial charge in [-0.15, -0.1) is 0 Å². The summed E-state index contributed by atoms with van der Waals surface area (Å²) >= 11 is 0. The van der Waals surface area contributed by atoms with Crippen LogP contribution in [0.15, 0.2) is 69.7 Å². The van der Waals surface area contributed by atoms with Crippen molar-refractivity contribution < 1.29 is 18.7 Å². The molecule has 128 valence electrons. The van der Waals surface area contributed by atoms with Gasteiger partial charge in [-0.3, -0.25) is 0 Å². The van der Waals surface area contributed by atoms with Crippen LogP contribution in [-0.2, 0) is 6.54 Å². The van der Waals surface area contributed by atoms with Crippen LogP contribution < -0.4 is 10.1 Å². The zero-order chi connectivity index (χ0) is 17.1. The second-order valence-electron chi connectivity index (χ2n) is 5.93. The van der Waals surface area contributed by atoms with Crippen LogP contribution in [0.2, 0.25) is 0 Å². The Kier molecular flexibility index (Phi) is 4.41. The highest BCUT2D eigenvalue weighted by Gasteiger charge is 2.09. The van der Waals surface area contributed by atoms with Gasteiger partial charge in [0.15, 0.2) is 0 Å². The Morgan fingerprint density at radius 2 is 1.88 bits per heavy atom. The molecule has 2 heterocycles. The summed E-state index contributed by atoms with van der Waals surface area (Å²) in [5, 5.41) is 15.3. The van der Waals surface area contributed by atoms with Crippen molar-refractivity contribution >= 4 is 21.9 Å². The molecule has 4 rings (SSSR count). The van der Waals surface area contributed by atoms with Gasteiger partial charge >= 0.3 is 0 Å². The molecule has 0 amide bonds. The number of rotatable bonds is 7. The van der Waals surface area contributed by atoms with Gasteiger partial charge in [-0.25, -0.2) is 0 Å². The van der Waals surface area contributed by atoms with Crippen LogP contribution >= 0.6 is 0 Å². The van der Waals surface area contributed by atoms with Gasteiger partial charge in [0, 0.05) is 23.4 Å². The molecular weight excluding hydrogens is 318 g/mol. The maximum Gasteiger partial charge on any atom is 0.139 e. The van der Waals surface area contributed by atoms with E-state index in [0.717, 1.165) is 27.7 Å². The lowest BCUT2D eigenvalue weighted by Crippen LogP contribution is -2.31. The van der Waals surface area contributed by atoms with Gasteiger partial charge in [0.1, 0.15) is 35.4 Å². The average Bonchev–Trinajstić information content (AvgIpc) is 3.26. The molecule has 0 aliphatic rings. The fraction of sp³-hybridized carbons (Fsp3) is 0.200. The highest BCUT2D eigenvalue weighted by atomic mass is 16.5. The van der Waals surface area contributed by atoms with Gasteiger partial charge < -0.3 is 24.0 Å². The van der Waals surface area contributed by atoms with E-state index in [-0.39, 0.29) is 6.61 Å². The standard InChI is InChI=1S/C20H19NO4/c22-14(11-21-12-16-4-3-9-23-16)13-24-15-7-8-18-17-5-1-2-6-19(17)25-20(18)10-15/h1-10,14,21-22H,11-13H2/t14-/m1/s1. The van der Waals surface area contributed by atoms with E-state index in [4.69, 9.17) is 13.6 Å². The lowest BCUT2D eigenvalue weighted by molar-refractivity contribution is 0.106. The third-order valence-electron chi connectivity index (χ3n) is 4.05. The van der Waals surface area contributed by atoms with Crippen molar-refractivity contribution in [2.24, 2.45) is 0 Å². The fourth-order valence-electron chi connectivity index (χ4n) is 2.82. The van der Waals surface area contributed by atoms with Gasteiger partial charge in [0.25, 0.3) is 0 Å². The molecule has 25 heavy (non-hydrogen) atoms. The summed E-state index contributed by atoms with van der Waals surface area (Å²) in [7, 11) is 0. The molecule has 2 N–H and O–H groups in total. The molecule has 0 spiro atoms. The SMILES string of the molecule is O[C@H](CNCc1ccco1)COc1ccc2c(c1)oc1ccccc12. The fourth-order valence-corrected chi connectivity index (χ4v) is 2.82. The van der Waals surface area contributed by atoms with Crippen molar-refractivity contribution in [1.82, 2.24) is 5.32 Å². The van der Waals surface area contributed by atoms with Gasteiger partial charge in [-0.2, -0.15) is 0 Å². The minimum Gasteiger partial charge on any atom is -0.491 e. The molecule has 0 saturated heterocycles. The summed E-state index contributed by atoms with van der Waals surface area (Å²) in [6.07, 6.45) is 1.02. The number of para-hydroxylation sites is 1. The molecule has 0 aliphatic carbocycles. The predicted molar refractivity (Wildman–Crippen MR) is 95.6 cm³/mol. The summed E-state index contributed by atoms with van der Waals surface area (Å²) in [5.74, 6) is 1.51. The number of aliphatic hydroxyl groups excluding tert-OH is 1. The van der Waals surface area contributed by atoms with Crippen LogP contribution in [-0.4, -0.2) is 24.4 Å². The van der Waals surface area contributed by atoms with Crippen molar-refractivity contribution in [1.29, 1.82) is 0 Å². The maximum absolute atomic E-state index is 10.0. The first kappa shape index (κ1) is 15.7. The third kappa shape index (κ3) is 3.52. The van der Waals surface area contributed by atoms with Gasteiger partial charge in [-0.1, -0.05) is 18.2 Å². The minimum atomic E-state index is -0.610. The highest BCUT2D eigenvalue weighted by molar-refractivity contribution is 6.05. The van der Waals surface area contributed by atoms with E-state index in [1.807, 2.05) is 54.6 Å². The number of ether oxygens (including phenoxy) is 1. The Morgan fingerprint density at radius 3 is 2.76 bits per heavy atom. The maximum atomic E-state index is 10.0. The second kappa shape index (κ2) is 7.01. The molecule has 0 saturated carbocycles. The third-order valence-corrected chi connectivity index (χ3v) is 4.05. The van der Waals surface area contributed by atoms with Gasteiger partial charge in [0.2, 0.25) is 0 Å². The second-order valence-corrected chi connectivity index (χ2v) is 5.93. The Labute approximate surface area is 144 Å². The quantitative estimate of drug-likeness (QED) is 0.538. The molecule has 0 unspecified atom stereocenters. The van der Waals surface area contributed by atoms with Gasteiger partial charge in [-0.05, 0) is 30.3 Å². The summed E-state index contributed by atoms with van der Waals surface area (Å²) in [4.78, 5) is 0. The minimum absolute atomic E-state index is 0.205. The molecule has 5 nitrogen and oxygen atoms in total. The van der Waals surface area contributed by atoms with Crippen molar-refractivity contribution in [3.05, 3.63) is 66.6 Å². The number of fused-ring (bicyclic) bond motifs is 3. The lowest BCUT2D eigenvalue weighted by atomic mass is 10.1. The van der Waals surface area contributed by atoms with Crippen LogP contribution in [0.4, 0.5) is 0 Å². The zero-order valence-electron chi connectivity index (χ0n) is 13.6. The number of nitrogens with one attached hydrogen (secondary N) is 1. The molecule has 5 heteroatoms. The number of benzene rings is 2. The summed E-state index contributed by atoms with van der Waals surface area (Å²) in [5.41, 5.74) is 1.64. The highest BCUT2D eigenvalue weighted by Crippen LogP contribution is 2.30. The molecule has 1 atom stereocenters. The summed E-state index contributed by atoms with van der Waals surface area (Å²) < 4.78 is 16.8. The zero-order valence-corrected chi connectivity index (χ0v) is 13.6.